The lowest BCUT2D eigenvalue weighted by molar-refractivity contribution is -0.163. The summed E-state index contributed by atoms with van der Waals surface area (Å²) >= 11 is 0. The fourth-order valence-corrected chi connectivity index (χ4v) is 7.61. The third-order valence-electron chi connectivity index (χ3n) is 11.5. The summed E-state index contributed by atoms with van der Waals surface area (Å²) in [6, 6.07) is 0. The van der Waals surface area contributed by atoms with Gasteiger partial charge < -0.3 is 14.2 Å². The molecule has 0 amide bonds. The smallest absolute Gasteiger partial charge is 0.306 e. The van der Waals surface area contributed by atoms with E-state index in [1.54, 1.807) is 0 Å². The van der Waals surface area contributed by atoms with Gasteiger partial charge in [0.15, 0.2) is 6.10 Å². The van der Waals surface area contributed by atoms with E-state index in [9.17, 15) is 9.59 Å². The van der Waals surface area contributed by atoms with Crippen LogP contribution in [0.3, 0.4) is 0 Å². The molecule has 0 aliphatic rings. The van der Waals surface area contributed by atoms with Gasteiger partial charge in [0.05, 0.1) is 6.61 Å². The molecular formula is C53H100O5. The van der Waals surface area contributed by atoms with Crippen LogP contribution in [0, 0.1) is 0 Å². The molecule has 0 saturated carbocycles. The summed E-state index contributed by atoms with van der Waals surface area (Å²) in [4.78, 5) is 25.3. The molecule has 0 fully saturated rings. The van der Waals surface area contributed by atoms with Gasteiger partial charge in [-0.3, -0.25) is 9.59 Å². The Morgan fingerprint density at radius 1 is 0.379 bits per heavy atom. The number of rotatable bonds is 48. The van der Waals surface area contributed by atoms with E-state index in [2.05, 4.69) is 45.1 Å². The number of ether oxygens (including phenoxy) is 3. The van der Waals surface area contributed by atoms with E-state index in [1.807, 2.05) is 0 Å². The van der Waals surface area contributed by atoms with E-state index in [1.165, 1.54) is 199 Å². The van der Waals surface area contributed by atoms with Crippen molar-refractivity contribution in [3.63, 3.8) is 0 Å². The van der Waals surface area contributed by atoms with Crippen LogP contribution < -0.4 is 0 Å². The van der Waals surface area contributed by atoms with Gasteiger partial charge in [-0.2, -0.15) is 0 Å². The van der Waals surface area contributed by atoms with Crippen LogP contribution in [0.15, 0.2) is 24.3 Å². The van der Waals surface area contributed by atoms with E-state index in [4.69, 9.17) is 14.2 Å². The van der Waals surface area contributed by atoms with Crippen molar-refractivity contribution in [2.75, 3.05) is 19.8 Å². The zero-order valence-corrected chi connectivity index (χ0v) is 39.3. The Balaban J connectivity index is 4.12. The topological polar surface area (TPSA) is 61.8 Å². The minimum Gasteiger partial charge on any atom is -0.462 e. The monoisotopic (exact) mass is 817 g/mol. The van der Waals surface area contributed by atoms with Crippen molar-refractivity contribution >= 4 is 11.9 Å². The third-order valence-corrected chi connectivity index (χ3v) is 11.5. The van der Waals surface area contributed by atoms with E-state index in [-0.39, 0.29) is 25.2 Å². The number of esters is 2. The molecule has 58 heavy (non-hydrogen) atoms. The van der Waals surface area contributed by atoms with Gasteiger partial charge in [0.25, 0.3) is 0 Å². The lowest BCUT2D eigenvalue weighted by atomic mass is 10.0. The summed E-state index contributed by atoms with van der Waals surface area (Å²) in [6.45, 7) is 7.78. The predicted octanol–water partition coefficient (Wildman–Crippen LogP) is 17.2. The van der Waals surface area contributed by atoms with Crippen molar-refractivity contribution in [3.05, 3.63) is 24.3 Å². The van der Waals surface area contributed by atoms with Crippen molar-refractivity contribution in [2.45, 2.75) is 284 Å². The molecule has 0 aromatic carbocycles. The maximum Gasteiger partial charge on any atom is 0.306 e. The molecule has 0 spiro atoms. The summed E-state index contributed by atoms with van der Waals surface area (Å²) in [5.74, 6) is -0.388. The van der Waals surface area contributed by atoms with Gasteiger partial charge in [-0.1, -0.05) is 244 Å². The lowest BCUT2D eigenvalue weighted by Crippen LogP contribution is -2.30. The molecule has 1 unspecified atom stereocenters. The Labute approximate surface area is 362 Å². The van der Waals surface area contributed by atoms with Crippen LogP contribution in [-0.2, 0) is 23.8 Å². The molecule has 0 radical (unpaired) electrons. The van der Waals surface area contributed by atoms with Gasteiger partial charge in [-0.05, 0) is 44.9 Å². The summed E-state index contributed by atoms with van der Waals surface area (Å²) in [7, 11) is 0. The third kappa shape index (κ3) is 47.1. The van der Waals surface area contributed by atoms with Gasteiger partial charge in [0, 0.05) is 19.4 Å². The molecule has 0 aromatic rings. The second kappa shape index (κ2) is 49.7. The number of hydrogen-bond acceptors (Lipinski definition) is 5. The van der Waals surface area contributed by atoms with Gasteiger partial charge in [0.1, 0.15) is 6.61 Å². The minimum atomic E-state index is -0.532. The Kier molecular flexibility index (Phi) is 48.4. The predicted molar refractivity (Wildman–Crippen MR) is 252 cm³/mol. The zero-order chi connectivity index (χ0) is 42.1. The van der Waals surface area contributed by atoms with Crippen LogP contribution in [0.4, 0.5) is 0 Å². The average Bonchev–Trinajstić information content (AvgIpc) is 3.22. The van der Waals surface area contributed by atoms with E-state index in [0.29, 0.717) is 19.4 Å². The zero-order valence-electron chi connectivity index (χ0n) is 39.3. The SMILES string of the molecule is CCC/C=C\C/C=C\CCCCCCCCOCC(COC(=O)CCCCCCCCCCCCCCCCCCCCC)OC(=O)CCCCCCCCCCC. The molecule has 0 heterocycles. The minimum absolute atomic E-state index is 0.0882. The first-order valence-corrected chi connectivity index (χ1v) is 25.9. The second-order valence-corrected chi connectivity index (χ2v) is 17.4. The molecule has 5 heteroatoms. The quantitative estimate of drug-likeness (QED) is 0.0348. The van der Waals surface area contributed by atoms with Gasteiger partial charge >= 0.3 is 11.9 Å². The maximum atomic E-state index is 12.7. The average molecular weight is 817 g/mol. The highest BCUT2D eigenvalue weighted by Gasteiger charge is 2.17. The van der Waals surface area contributed by atoms with Crippen LogP contribution >= 0.6 is 0 Å². The van der Waals surface area contributed by atoms with Crippen molar-refractivity contribution in [1.29, 1.82) is 0 Å². The van der Waals surface area contributed by atoms with Crippen LogP contribution in [0.1, 0.15) is 278 Å². The molecule has 342 valence electrons. The Morgan fingerprint density at radius 3 is 1.21 bits per heavy atom. The van der Waals surface area contributed by atoms with E-state index >= 15 is 0 Å². The Hall–Kier alpha value is -1.62. The molecule has 0 aliphatic carbocycles. The Bertz CT molecular complexity index is 882. The molecule has 0 aliphatic heterocycles. The fourth-order valence-electron chi connectivity index (χ4n) is 7.61. The Morgan fingerprint density at radius 2 is 0.759 bits per heavy atom. The van der Waals surface area contributed by atoms with Crippen molar-refractivity contribution in [2.24, 2.45) is 0 Å². The number of allylic oxidation sites excluding steroid dienone is 4. The second-order valence-electron chi connectivity index (χ2n) is 17.4. The molecule has 0 aromatic heterocycles. The first-order chi connectivity index (χ1) is 28.6. The van der Waals surface area contributed by atoms with Gasteiger partial charge in [-0.25, -0.2) is 0 Å². The van der Waals surface area contributed by atoms with Gasteiger partial charge in [-0.15, -0.1) is 0 Å². The number of hydrogen-bond donors (Lipinski definition) is 0. The van der Waals surface area contributed by atoms with Crippen molar-refractivity contribution < 1.29 is 23.8 Å². The molecule has 0 saturated heterocycles. The first kappa shape index (κ1) is 56.4. The highest BCUT2D eigenvalue weighted by atomic mass is 16.6. The fraction of sp³-hybridized carbons (Fsp3) is 0.887. The highest BCUT2D eigenvalue weighted by Crippen LogP contribution is 2.16. The van der Waals surface area contributed by atoms with Gasteiger partial charge in [0.2, 0.25) is 0 Å². The maximum absolute atomic E-state index is 12.7. The first-order valence-electron chi connectivity index (χ1n) is 25.9. The molecular weight excluding hydrogens is 717 g/mol. The number of carbonyl (C=O) groups excluding carboxylic acids is 2. The summed E-state index contributed by atoms with van der Waals surface area (Å²) in [6.07, 6.45) is 57.6. The molecule has 0 N–H and O–H groups in total. The summed E-state index contributed by atoms with van der Waals surface area (Å²) < 4.78 is 17.4. The van der Waals surface area contributed by atoms with Crippen LogP contribution in [-0.4, -0.2) is 37.9 Å². The van der Waals surface area contributed by atoms with E-state index in [0.717, 1.165) is 44.9 Å². The van der Waals surface area contributed by atoms with Crippen molar-refractivity contribution in [3.8, 4) is 0 Å². The lowest BCUT2D eigenvalue weighted by Gasteiger charge is -2.18. The molecule has 0 bridgehead atoms. The van der Waals surface area contributed by atoms with Crippen LogP contribution in [0.5, 0.6) is 0 Å². The molecule has 1 atom stereocenters. The standard InChI is InChI=1S/C53H100O5/c1-4-7-10-13-16-19-21-23-25-26-27-28-29-30-32-35-37-40-43-46-52(54)57-50-51(58-53(55)47-44-41-38-34-18-15-12-9-6-3)49-56-48-45-42-39-36-33-31-24-22-20-17-14-11-8-5-2/h11,14,20,22,51H,4-10,12-13,15-19,21,23-50H2,1-3H3/b14-11-,22-20-. The number of carbonyl (C=O) groups is 2. The van der Waals surface area contributed by atoms with Crippen LogP contribution in [0.2, 0.25) is 0 Å². The van der Waals surface area contributed by atoms with Crippen LogP contribution in [0.25, 0.3) is 0 Å². The molecule has 0 rings (SSSR count). The van der Waals surface area contributed by atoms with Crippen molar-refractivity contribution in [1.82, 2.24) is 0 Å². The molecule has 5 nitrogen and oxygen atoms in total. The largest absolute Gasteiger partial charge is 0.462 e. The van der Waals surface area contributed by atoms with E-state index < -0.39 is 6.10 Å². The summed E-state index contributed by atoms with van der Waals surface area (Å²) in [5.41, 5.74) is 0. The summed E-state index contributed by atoms with van der Waals surface area (Å²) in [5, 5.41) is 0. The number of unbranched alkanes of at least 4 members (excludes halogenated alkanes) is 33. The normalized spacial score (nSPS) is 12.3. The highest BCUT2D eigenvalue weighted by molar-refractivity contribution is 5.70.